The van der Waals surface area contributed by atoms with Gasteiger partial charge in [-0.1, -0.05) is 6.07 Å². The summed E-state index contributed by atoms with van der Waals surface area (Å²) in [5.41, 5.74) is 1.82. The summed E-state index contributed by atoms with van der Waals surface area (Å²) < 4.78 is 0. The molecule has 0 aliphatic carbocycles. The predicted octanol–water partition coefficient (Wildman–Crippen LogP) is 2.02. The standard InChI is InChI=1S/C12H17N3O2/c1-9-3-4-12(15(16)17)11(7-9)13-10-5-6-14(2)8-10/h3-4,7,10,13H,5-6,8H2,1-2H3. The Kier molecular flexibility index (Phi) is 3.28. The van der Waals surface area contributed by atoms with E-state index in [1.54, 1.807) is 12.1 Å². The number of hydrogen-bond acceptors (Lipinski definition) is 4. The lowest BCUT2D eigenvalue weighted by molar-refractivity contribution is -0.384. The summed E-state index contributed by atoms with van der Waals surface area (Å²) in [6, 6.07) is 5.48. The van der Waals surface area contributed by atoms with E-state index >= 15 is 0 Å². The van der Waals surface area contributed by atoms with Crippen molar-refractivity contribution in [1.29, 1.82) is 0 Å². The van der Waals surface area contributed by atoms with Gasteiger partial charge in [-0.05, 0) is 38.6 Å². The summed E-state index contributed by atoms with van der Waals surface area (Å²) in [5.74, 6) is 0. The van der Waals surface area contributed by atoms with Gasteiger partial charge in [0.05, 0.1) is 4.92 Å². The van der Waals surface area contributed by atoms with Crippen LogP contribution in [0.1, 0.15) is 12.0 Å². The molecule has 1 aliphatic rings. The van der Waals surface area contributed by atoms with Crippen LogP contribution in [-0.4, -0.2) is 36.0 Å². The zero-order valence-electron chi connectivity index (χ0n) is 10.1. The van der Waals surface area contributed by atoms with E-state index < -0.39 is 0 Å². The predicted molar refractivity (Wildman–Crippen MR) is 67.4 cm³/mol. The molecule has 1 saturated heterocycles. The zero-order valence-corrected chi connectivity index (χ0v) is 10.1. The van der Waals surface area contributed by atoms with Crippen LogP contribution in [0.2, 0.25) is 0 Å². The van der Waals surface area contributed by atoms with Crippen LogP contribution < -0.4 is 5.32 Å². The number of likely N-dealkylation sites (tertiary alicyclic amines) is 1. The van der Waals surface area contributed by atoms with Crippen molar-refractivity contribution >= 4 is 11.4 Å². The summed E-state index contributed by atoms with van der Waals surface area (Å²) in [6.45, 7) is 3.91. The van der Waals surface area contributed by atoms with E-state index in [2.05, 4.69) is 17.3 Å². The van der Waals surface area contributed by atoms with E-state index in [9.17, 15) is 10.1 Å². The van der Waals surface area contributed by atoms with Gasteiger partial charge in [-0.2, -0.15) is 0 Å². The number of likely N-dealkylation sites (N-methyl/N-ethyl adjacent to an activating group) is 1. The number of nitro benzene ring substituents is 1. The number of anilines is 1. The second kappa shape index (κ2) is 4.71. The first-order valence-electron chi connectivity index (χ1n) is 5.76. The molecule has 5 heteroatoms. The Morgan fingerprint density at radius 3 is 2.88 bits per heavy atom. The van der Waals surface area contributed by atoms with Gasteiger partial charge in [-0.3, -0.25) is 10.1 Å². The number of nitrogens with one attached hydrogen (secondary N) is 1. The van der Waals surface area contributed by atoms with E-state index in [1.165, 1.54) is 0 Å². The summed E-state index contributed by atoms with van der Waals surface area (Å²) >= 11 is 0. The Morgan fingerprint density at radius 1 is 1.53 bits per heavy atom. The molecule has 1 unspecified atom stereocenters. The van der Waals surface area contributed by atoms with E-state index in [0.29, 0.717) is 11.7 Å². The fourth-order valence-corrected chi connectivity index (χ4v) is 2.20. The third-order valence-corrected chi connectivity index (χ3v) is 3.10. The van der Waals surface area contributed by atoms with E-state index in [4.69, 9.17) is 0 Å². The number of nitrogens with zero attached hydrogens (tertiary/aromatic N) is 2. The fraction of sp³-hybridized carbons (Fsp3) is 0.500. The molecule has 0 bridgehead atoms. The van der Waals surface area contributed by atoms with Gasteiger partial charge in [0.2, 0.25) is 0 Å². The minimum Gasteiger partial charge on any atom is -0.375 e. The van der Waals surface area contributed by atoms with Crippen LogP contribution in [0.4, 0.5) is 11.4 Å². The molecular formula is C12H17N3O2. The number of benzene rings is 1. The molecule has 1 fully saturated rings. The van der Waals surface area contributed by atoms with E-state index in [0.717, 1.165) is 25.1 Å². The molecule has 0 spiro atoms. The second-order valence-electron chi connectivity index (χ2n) is 4.67. The average molecular weight is 235 g/mol. The molecule has 0 amide bonds. The van der Waals surface area contributed by atoms with Gasteiger partial charge >= 0.3 is 0 Å². The molecule has 1 heterocycles. The van der Waals surface area contributed by atoms with E-state index in [-0.39, 0.29) is 10.6 Å². The first-order chi connectivity index (χ1) is 8.06. The van der Waals surface area contributed by atoms with Crippen LogP contribution in [0.15, 0.2) is 18.2 Å². The van der Waals surface area contributed by atoms with Crippen molar-refractivity contribution < 1.29 is 4.92 Å². The van der Waals surface area contributed by atoms with Gasteiger partial charge in [0.25, 0.3) is 5.69 Å². The quantitative estimate of drug-likeness (QED) is 0.643. The lowest BCUT2D eigenvalue weighted by Crippen LogP contribution is -2.23. The average Bonchev–Trinajstić information content (AvgIpc) is 2.63. The van der Waals surface area contributed by atoms with Crippen molar-refractivity contribution in [3.05, 3.63) is 33.9 Å². The lowest BCUT2D eigenvalue weighted by Gasteiger charge is -2.14. The molecule has 2 rings (SSSR count). The molecule has 1 aliphatic heterocycles. The maximum absolute atomic E-state index is 10.9. The monoisotopic (exact) mass is 235 g/mol. The first kappa shape index (κ1) is 11.9. The number of aryl methyl sites for hydroxylation is 1. The van der Waals surface area contributed by atoms with Crippen LogP contribution in [-0.2, 0) is 0 Å². The highest BCUT2D eigenvalue weighted by atomic mass is 16.6. The molecule has 0 radical (unpaired) electrons. The molecule has 1 atom stereocenters. The number of nitro groups is 1. The zero-order chi connectivity index (χ0) is 12.4. The van der Waals surface area contributed by atoms with Gasteiger partial charge < -0.3 is 10.2 Å². The van der Waals surface area contributed by atoms with Crippen LogP contribution in [0.25, 0.3) is 0 Å². The Bertz CT molecular complexity index is 434. The van der Waals surface area contributed by atoms with Crippen LogP contribution in [0, 0.1) is 17.0 Å². The molecule has 0 saturated carbocycles. The van der Waals surface area contributed by atoms with Crippen LogP contribution in [0.3, 0.4) is 0 Å². The van der Waals surface area contributed by atoms with Crippen LogP contribution >= 0.6 is 0 Å². The molecule has 1 N–H and O–H groups in total. The summed E-state index contributed by atoms with van der Waals surface area (Å²) in [7, 11) is 2.06. The van der Waals surface area contributed by atoms with Crippen molar-refractivity contribution in [2.75, 3.05) is 25.5 Å². The van der Waals surface area contributed by atoms with Gasteiger partial charge in [-0.15, -0.1) is 0 Å². The van der Waals surface area contributed by atoms with Gasteiger partial charge in [0.1, 0.15) is 5.69 Å². The largest absolute Gasteiger partial charge is 0.375 e. The summed E-state index contributed by atoms with van der Waals surface area (Å²) in [5, 5.41) is 14.2. The number of hydrogen-bond donors (Lipinski definition) is 1. The highest BCUT2D eigenvalue weighted by molar-refractivity contribution is 5.63. The fourth-order valence-electron chi connectivity index (χ4n) is 2.20. The second-order valence-corrected chi connectivity index (χ2v) is 4.67. The Labute approximate surface area is 101 Å². The molecular weight excluding hydrogens is 218 g/mol. The SMILES string of the molecule is Cc1ccc([N+](=O)[O-])c(NC2CCN(C)C2)c1. The normalized spacial score (nSPS) is 20.5. The van der Waals surface area contributed by atoms with Crippen molar-refractivity contribution in [3.63, 3.8) is 0 Å². The summed E-state index contributed by atoms with van der Waals surface area (Å²) in [6.07, 6.45) is 1.03. The van der Waals surface area contributed by atoms with E-state index in [1.807, 2.05) is 13.0 Å². The highest BCUT2D eigenvalue weighted by Gasteiger charge is 2.22. The number of rotatable bonds is 3. The minimum absolute atomic E-state index is 0.158. The van der Waals surface area contributed by atoms with Crippen LogP contribution in [0.5, 0.6) is 0 Å². The van der Waals surface area contributed by atoms with Gasteiger partial charge in [-0.25, -0.2) is 0 Å². The molecule has 0 aromatic heterocycles. The van der Waals surface area contributed by atoms with Crippen molar-refractivity contribution in [2.24, 2.45) is 0 Å². The molecule has 92 valence electrons. The Morgan fingerprint density at radius 2 is 2.29 bits per heavy atom. The molecule has 5 nitrogen and oxygen atoms in total. The highest BCUT2D eigenvalue weighted by Crippen LogP contribution is 2.27. The Hall–Kier alpha value is -1.62. The summed E-state index contributed by atoms with van der Waals surface area (Å²) in [4.78, 5) is 12.8. The van der Waals surface area contributed by atoms with Gasteiger partial charge in [0, 0.05) is 18.7 Å². The van der Waals surface area contributed by atoms with Crippen molar-refractivity contribution in [2.45, 2.75) is 19.4 Å². The maximum atomic E-state index is 10.9. The Balaban J connectivity index is 2.19. The molecule has 1 aromatic rings. The molecule has 1 aromatic carbocycles. The van der Waals surface area contributed by atoms with Crippen molar-refractivity contribution in [3.8, 4) is 0 Å². The third-order valence-electron chi connectivity index (χ3n) is 3.10. The smallest absolute Gasteiger partial charge is 0.292 e. The topological polar surface area (TPSA) is 58.4 Å². The van der Waals surface area contributed by atoms with Gasteiger partial charge in [0.15, 0.2) is 0 Å². The maximum Gasteiger partial charge on any atom is 0.292 e. The van der Waals surface area contributed by atoms with Crippen molar-refractivity contribution in [1.82, 2.24) is 4.90 Å². The first-order valence-corrected chi connectivity index (χ1v) is 5.76. The third kappa shape index (κ3) is 2.74. The minimum atomic E-state index is -0.333. The lowest BCUT2D eigenvalue weighted by atomic mass is 10.1. The molecule has 17 heavy (non-hydrogen) atoms.